The molecule has 10 nitrogen and oxygen atoms in total. The van der Waals surface area contributed by atoms with Crippen molar-refractivity contribution in [2.45, 2.75) is 66.3 Å². The summed E-state index contributed by atoms with van der Waals surface area (Å²) in [4.78, 5) is 38.1. The number of esters is 2. The Morgan fingerprint density at radius 1 is 1.05 bits per heavy atom. The van der Waals surface area contributed by atoms with Crippen molar-refractivity contribution in [3.8, 4) is 5.75 Å². The van der Waals surface area contributed by atoms with E-state index in [-0.39, 0.29) is 46.4 Å². The fourth-order valence-corrected chi connectivity index (χ4v) is 5.83. The summed E-state index contributed by atoms with van der Waals surface area (Å²) in [6, 6.07) is 6.00. The van der Waals surface area contributed by atoms with Crippen LogP contribution in [0.1, 0.15) is 76.3 Å². The Morgan fingerprint density at radius 2 is 1.74 bits per heavy atom. The SMILES string of the molecule is CCOC(=O)c1sc(NC(=O)CSc2nnc(C(C)Oc3ccc(C)cc3C)n2CC)c(C(=O)OCC)c1C. The van der Waals surface area contributed by atoms with Gasteiger partial charge in [0.1, 0.15) is 15.6 Å². The zero-order chi connectivity index (χ0) is 28.7. The van der Waals surface area contributed by atoms with Gasteiger partial charge in [-0.3, -0.25) is 4.79 Å². The second kappa shape index (κ2) is 13.6. The Kier molecular flexibility index (Phi) is 10.5. The number of benzene rings is 1. The lowest BCUT2D eigenvalue weighted by Gasteiger charge is -2.17. The van der Waals surface area contributed by atoms with Crippen LogP contribution in [0, 0.1) is 20.8 Å². The summed E-state index contributed by atoms with van der Waals surface area (Å²) in [6.07, 6.45) is -0.357. The van der Waals surface area contributed by atoms with Crippen molar-refractivity contribution in [1.82, 2.24) is 14.8 Å². The molecule has 2 aromatic heterocycles. The monoisotopic (exact) mass is 574 g/mol. The molecule has 12 heteroatoms. The first kappa shape index (κ1) is 30.2. The van der Waals surface area contributed by atoms with Gasteiger partial charge in [0.2, 0.25) is 5.91 Å². The Hall–Kier alpha value is -3.38. The molecule has 1 aromatic carbocycles. The number of ether oxygens (including phenoxy) is 3. The fraction of sp³-hybridized carbons (Fsp3) is 0.444. The molecule has 0 spiro atoms. The molecule has 0 saturated heterocycles. The smallest absolute Gasteiger partial charge is 0.348 e. The van der Waals surface area contributed by atoms with E-state index in [9.17, 15) is 14.4 Å². The van der Waals surface area contributed by atoms with Crippen LogP contribution in [-0.4, -0.2) is 51.6 Å². The van der Waals surface area contributed by atoms with E-state index in [4.69, 9.17) is 14.2 Å². The van der Waals surface area contributed by atoms with Crippen LogP contribution in [0.4, 0.5) is 5.00 Å². The van der Waals surface area contributed by atoms with Crippen LogP contribution in [0.3, 0.4) is 0 Å². The number of anilines is 1. The number of amides is 1. The third-order valence-corrected chi connectivity index (χ3v) is 7.89. The number of aromatic nitrogens is 3. The Labute approximate surface area is 236 Å². The zero-order valence-electron chi connectivity index (χ0n) is 23.2. The van der Waals surface area contributed by atoms with E-state index in [1.165, 1.54) is 11.8 Å². The van der Waals surface area contributed by atoms with Crippen LogP contribution in [0.5, 0.6) is 5.75 Å². The molecule has 1 N–H and O–H groups in total. The maximum absolute atomic E-state index is 12.9. The predicted molar refractivity (Wildman–Crippen MR) is 151 cm³/mol. The molecule has 3 aromatic rings. The third kappa shape index (κ3) is 7.18. The van der Waals surface area contributed by atoms with Gasteiger partial charge in [-0.2, -0.15) is 0 Å². The number of nitrogens with one attached hydrogen (secondary N) is 1. The first-order chi connectivity index (χ1) is 18.6. The molecule has 2 heterocycles. The van der Waals surface area contributed by atoms with Gasteiger partial charge < -0.3 is 24.1 Å². The highest BCUT2D eigenvalue weighted by molar-refractivity contribution is 7.99. The number of carbonyl (C=O) groups excluding carboxylic acids is 3. The van der Waals surface area contributed by atoms with E-state index in [2.05, 4.69) is 21.6 Å². The standard InChI is InChI=1S/C27H34N4O6S2/c1-8-31-23(18(7)37-19-12-11-15(4)13-16(19)5)29-30-27(31)38-14-20(32)28-24-21(25(33)35-9-2)17(6)22(39-24)26(34)36-10-3/h11-13,18H,8-10,14H2,1-7H3,(H,28,32). The number of hydrogen-bond donors (Lipinski definition) is 1. The summed E-state index contributed by atoms with van der Waals surface area (Å²) in [5.41, 5.74) is 2.76. The van der Waals surface area contributed by atoms with E-state index < -0.39 is 11.9 Å². The number of rotatable bonds is 12. The number of thioether (sulfide) groups is 1. The van der Waals surface area contributed by atoms with Crippen LogP contribution in [0.25, 0.3) is 0 Å². The van der Waals surface area contributed by atoms with E-state index in [1.807, 2.05) is 44.4 Å². The quantitative estimate of drug-likeness (QED) is 0.220. The van der Waals surface area contributed by atoms with Crippen molar-refractivity contribution in [3.63, 3.8) is 0 Å². The molecule has 0 aliphatic rings. The van der Waals surface area contributed by atoms with Gasteiger partial charge >= 0.3 is 11.9 Å². The number of nitrogens with zero attached hydrogens (tertiary/aromatic N) is 3. The fourth-order valence-electron chi connectivity index (χ4n) is 3.91. The third-order valence-electron chi connectivity index (χ3n) is 5.73. The molecule has 1 atom stereocenters. The summed E-state index contributed by atoms with van der Waals surface area (Å²) < 4.78 is 18.3. The van der Waals surface area contributed by atoms with E-state index in [0.29, 0.717) is 23.1 Å². The normalized spacial score (nSPS) is 11.7. The minimum absolute atomic E-state index is 0.0123. The number of carbonyl (C=O) groups is 3. The second-order valence-electron chi connectivity index (χ2n) is 8.65. The molecule has 3 rings (SSSR count). The lowest BCUT2D eigenvalue weighted by atomic mass is 10.1. The van der Waals surface area contributed by atoms with Crippen LogP contribution in [-0.2, 0) is 20.8 Å². The maximum Gasteiger partial charge on any atom is 0.348 e. The van der Waals surface area contributed by atoms with E-state index in [1.54, 1.807) is 20.8 Å². The first-order valence-electron chi connectivity index (χ1n) is 12.7. The van der Waals surface area contributed by atoms with Gasteiger partial charge in [0.25, 0.3) is 0 Å². The molecule has 1 unspecified atom stereocenters. The molecular formula is C27H34N4O6S2. The first-order valence-corrected chi connectivity index (χ1v) is 14.5. The van der Waals surface area contributed by atoms with Crippen molar-refractivity contribution in [2.75, 3.05) is 24.3 Å². The van der Waals surface area contributed by atoms with Crippen molar-refractivity contribution in [2.24, 2.45) is 0 Å². The van der Waals surface area contributed by atoms with E-state index in [0.717, 1.165) is 28.2 Å². The predicted octanol–water partition coefficient (Wildman–Crippen LogP) is 5.51. The van der Waals surface area contributed by atoms with E-state index >= 15 is 0 Å². The number of aryl methyl sites for hydroxylation is 2. The van der Waals surface area contributed by atoms with Crippen LogP contribution in [0.15, 0.2) is 23.4 Å². The van der Waals surface area contributed by atoms with Gasteiger partial charge in [-0.1, -0.05) is 29.5 Å². The average molecular weight is 575 g/mol. The van der Waals surface area contributed by atoms with Gasteiger partial charge in [-0.25, -0.2) is 9.59 Å². The molecular weight excluding hydrogens is 540 g/mol. The minimum Gasteiger partial charge on any atom is -0.482 e. The summed E-state index contributed by atoms with van der Waals surface area (Å²) in [5.74, 6) is -0.0949. The molecule has 0 aliphatic heterocycles. The molecule has 39 heavy (non-hydrogen) atoms. The molecule has 0 aliphatic carbocycles. The molecule has 1 amide bonds. The summed E-state index contributed by atoms with van der Waals surface area (Å²) in [5, 5.41) is 12.2. The average Bonchev–Trinajstić information content (AvgIpc) is 3.45. The summed E-state index contributed by atoms with van der Waals surface area (Å²) >= 11 is 2.21. The lowest BCUT2D eigenvalue weighted by Crippen LogP contribution is -2.17. The maximum atomic E-state index is 12.9. The minimum atomic E-state index is -0.613. The highest BCUT2D eigenvalue weighted by Crippen LogP contribution is 2.35. The second-order valence-corrected chi connectivity index (χ2v) is 10.6. The molecule has 0 saturated carbocycles. The molecule has 0 bridgehead atoms. The lowest BCUT2D eigenvalue weighted by molar-refractivity contribution is -0.113. The molecule has 0 fully saturated rings. The van der Waals surface area contributed by atoms with Crippen LogP contribution >= 0.6 is 23.1 Å². The van der Waals surface area contributed by atoms with Crippen LogP contribution < -0.4 is 10.1 Å². The van der Waals surface area contributed by atoms with Gasteiger partial charge in [-0.05, 0) is 65.7 Å². The molecule has 210 valence electrons. The largest absolute Gasteiger partial charge is 0.482 e. The van der Waals surface area contributed by atoms with Gasteiger partial charge in [0.05, 0.1) is 24.5 Å². The molecule has 0 radical (unpaired) electrons. The number of thiophene rings is 1. The van der Waals surface area contributed by atoms with Crippen molar-refractivity contribution in [1.29, 1.82) is 0 Å². The van der Waals surface area contributed by atoms with Gasteiger partial charge in [-0.15, -0.1) is 21.5 Å². The topological polar surface area (TPSA) is 122 Å². The van der Waals surface area contributed by atoms with Gasteiger partial charge in [0, 0.05) is 6.54 Å². The van der Waals surface area contributed by atoms with Gasteiger partial charge in [0.15, 0.2) is 17.1 Å². The Morgan fingerprint density at radius 3 is 2.38 bits per heavy atom. The Balaban J connectivity index is 1.73. The van der Waals surface area contributed by atoms with Crippen molar-refractivity contribution < 1.29 is 28.6 Å². The Bertz CT molecular complexity index is 1350. The highest BCUT2D eigenvalue weighted by Gasteiger charge is 2.27. The summed E-state index contributed by atoms with van der Waals surface area (Å²) in [7, 11) is 0. The van der Waals surface area contributed by atoms with Crippen molar-refractivity contribution >= 4 is 45.9 Å². The highest BCUT2D eigenvalue weighted by atomic mass is 32.2. The summed E-state index contributed by atoms with van der Waals surface area (Å²) in [6.45, 7) is 13.9. The zero-order valence-corrected chi connectivity index (χ0v) is 24.9. The number of hydrogen-bond acceptors (Lipinski definition) is 10. The van der Waals surface area contributed by atoms with Crippen molar-refractivity contribution in [3.05, 3.63) is 51.2 Å². The van der Waals surface area contributed by atoms with Crippen LogP contribution in [0.2, 0.25) is 0 Å².